The van der Waals surface area contributed by atoms with E-state index < -0.39 is 0 Å². The molecule has 0 aliphatic heterocycles. The van der Waals surface area contributed by atoms with E-state index >= 15 is 0 Å². The lowest BCUT2D eigenvalue weighted by atomic mass is 10.2. The Balaban J connectivity index is 1.91. The van der Waals surface area contributed by atoms with Crippen molar-refractivity contribution >= 4 is 46.1 Å². The average Bonchev–Trinajstić information content (AvgIpc) is 2.83. The van der Waals surface area contributed by atoms with Gasteiger partial charge in [0, 0.05) is 16.3 Å². The number of amides is 1. The number of thiophene rings is 1. The third kappa shape index (κ3) is 3.73. The van der Waals surface area contributed by atoms with Crippen molar-refractivity contribution in [3.8, 4) is 0 Å². The Labute approximate surface area is 120 Å². The summed E-state index contributed by atoms with van der Waals surface area (Å²) in [6.07, 6.45) is 1.19. The number of nitrogens with one attached hydrogen (secondary N) is 1. The van der Waals surface area contributed by atoms with E-state index in [4.69, 9.17) is 23.2 Å². The van der Waals surface area contributed by atoms with Crippen LogP contribution in [-0.4, -0.2) is 5.91 Å². The molecule has 0 saturated carbocycles. The monoisotopic (exact) mass is 299 g/mol. The first-order chi connectivity index (χ1) is 8.65. The number of carbonyl (C=O) groups is 1. The van der Waals surface area contributed by atoms with Crippen LogP contribution in [0.5, 0.6) is 0 Å². The fourth-order valence-electron chi connectivity index (χ4n) is 1.50. The van der Waals surface area contributed by atoms with Gasteiger partial charge in [0.25, 0.3) is 0 Å². The molecule has 0 spiro atoms. The molecule has 0 fully saturated rings. The first kappa shape index (κ1) is 13.4. The molecule has 0 aliphatic carbocycles. The fraction of sp³-hybridized carbons (Fsp3) is 0.154. The molecule has 0 bridgehead atoms. The molecule has 18 heavy (non-hydrogen) atoms. The maximum absolute atomic E-state index is 11.7. The molecular weight excluding hydrogens is 289 g/mol. The molecule has 1 aromatic carbocycles. The summed E-state index contributed by atoms with van der Waals surface area (Å²) in [5.41, 5.74) is 0.595. The highest BCUT2D eigenvalue weighted by Crippen LogP contribution is 2.25. The Morgan fingerprint density at radius 3 is 2.78 bits per heavy atom. The number of hydrogen-bond donors (Lipinski definition) is 1. The molecule has 2 aromatic rings. The second-order valence-corrected chi connectivity index (χ2v) is 5.63. The van der Waals surface area contributed by atoms with Crippen molar-refractivity contribution in [3.63, 3.8) is 0 Å². The molecule has 1 heterocycles. The Bertz CT molecular complexity index is 540. The third-order valence-corrected chi connectivity index (χ3v) is 3.87. The van der Waals surface area contributed by atoms with Gasteiger partial charge in [0.1, 0.15) is 0 Å². The van der Waals surface area contributed by atoms with Gasteiger partial charge in [-0.3, -0.25) is 4.79 Å². The summed E-state index contributed by atoms with van der Waals surface area (Å²) in [7, 11) is 0. The van der Waals surface area contributed by atoms with Gasteiger partial charge in [-0.15, -0.1) is 11.3 Å². The van der Waals surface area contributed by atoms with E-state index in [0.29, 0.717) is 22.2 Å². The maximum Gasteiger partial charge on any atom is 0.224 e. The highest BCUT2D eigenvalue weighted by atomic mass is 35.5. The van der Waals surface area contributed by atoms with Crippen LogP contribution < -0.4 is 5.32 Å². The van der Waals surface area contributed by atoms with Crippen molar-refractivity contribution < 1.29 is 4.79 Å². The van der Waals surface area contributed by atoms with E-state index in [0.717, 1.165) is 6.42 Å². The van der Waals surface area contributed by atoms with E-state index in [9.17, 15) is 4.79 Å². The summed E-state index contributed by atoms with van der Waals surface area (Å²) in [5.74, 6) is -0.0485. The SMILES string of the molecule is O=C(CCc1cccs1)Nc1ccc(Cl)cc1Cl. The minimum atomic E-state index is -0.0485. The molecule has 0 unspecified atom stereocenters. The van der Waals surface area contributed by atoms with E-state index in [2.05, 4.69) is 5.32 Å². The van der Waals surface area contributed by atoms with E-state index in [-0.39, 0.29) is 5.91 Å². The maximum atomic E-state index is 11.7. The van der Waals surface area contributed by atoms with Gasteiger partial charge in [-0.1, -0.05) is 29.3 Å². The molecule has 0 aliphatic rings. The molecule has 2 nitrogen and oxygen atoms in total. The van der Waals surface area contributed by atoms with Crippen LogP contribution in [0, 0.1) is 0 Å². The van der Waals surface area contributed by atoms with Crippen molar-refractivity contribution in [3.05, 3.63) is 50.6 Å². The van der Waals surface area contributed by atoms with Crippen LogP contribution in [0.1, 0.15) is 11.3 Å². The number of hydrogen-bond acceptors (Lipinski definition) is 2. The van der Waals surface area contributed by atoms with Crippen LogP contribution in [0.4, 0.5) is 5.69 Å². The van der Waals surface area contributed by atoms with Crippen LogP contribution in [0.15, 0.2) is 35.7 Å². The van der Waals surface area contributed by atoms with Crippen molar-refractivity contribution in [1.82, 2.24) is 0 Å². The van der Waals surface area contributed by atoms with E-state index in [1.807, 2.05) is 17.5 Å². The van der Waals surface area contributed by atoms with Crippen LogP contribution >= 0.6 is 34.5 Å². The van der Waals surface area contributed by atoms with Gasteiger partial charge in [-0.2, -0.15) is 0 Å². The smallest absolute Gasteiger partial charge is 0.224 e. The summed E-state index contributed by atoms with van der Waals surface area (Å²) in [4.78, 5) is 12.9. The number of benzene rings is 1. The lowest BCUT2D eigenvalue weighted by molar-refractivity contribution is -0.116. The zero-order valence-electron chi connectivity index (χ0n) is 9.45. The highest BCUT2D eigenvalue weighted by Gasteiger charge is 2.07. The van der Waals surface area contributed by atoms with Gasteiger partial charge in [0.15, 0.2) is 0 Å². The lowest BCUT2D eigenvalue weighted by Crippen LogP contribution is -2.12. The Morgan fingerprint density at radius 1 is 1.28 bits per heavy atom. The van der Waals surface area contributed by atoms with Crippen molar-refractivity contribution in [1.29, 1.82) is 0 Å². The summed E-state index contributed by atoms with van der Waals surface area (Å²) >= 11 is 13.4. The Hall–Kier alpha value is -1.03. The van der Waals surface area contributed by atoms with Gasteiger partial charge in [0.05, 0.1) is 10.7 Å². The average molecular weight is 300 g/mol. The predicted molar refractivity (Wildman–Crippen MR) is 77.7 cm³/mol. The molecule has 0 radical (unpaired) electrons. The Kier molecular flexibility index (Phi) is 4.64. The second-order valence-electron chi connectivity index (χ2n) is 3.75. The molecule has 5 heteroatoms. The molecule has 0 atom stereocenters. The summed E-state index contributed by atoms with van der Waals surface area (Å²) in [5, 5.41) is 5.78. The molecule has 94 valence electrons. The van der Waals surface area contributed by atoms with Crippen molar-refractivity contribution in [2.75, 3.05) is 5.32 Å². The quantitative estimate of drug-likeness (QED) is 0.876. The van der Waals surface area contributed by atoms with Crippen LogP contribution in [0.2, 0.25) is 10.0 Å². The minimum absolute atomic E-state index is 0.0485. The molecule has 0 saturated heterocycles. The second kappa shape index (κ2) is 6.23. The molecule has 1 aromatic heterocycles. The zero-order valence-corrected chi connectivity index (χ0v) is 11.8. The van der Waals surface area contributed by atoms with Gasteiger partial charge in [-0.25, -0.2) is 0 Å². The van der Waals surface area contributed by atoms with Gasteiger partial charge in [0.2, 0.25) is 5.91 Å². The molecule has 2 rings (SSSR count). The zero-order chi connectivity index (χ0) is 13.0. The summed E-state index contributed by atoms with van der Waals surface area (Å²) in [6, 6.07) is 9.01. The molecular formula is C13H11Cl2NOS. The van der Waals surface area contributed by atoms with Gasteiger partial charge in [-0.05, 0) is 36.1 Å². The fourth-order valence-corrected chi connectivity index (χ4v) is 2.66. The van der Waals surface area contributed by atoms with Gasteiger partial charge < -0.3 is 5.32 Å². The largest absolute Gasteiger partial charge is 0.325 e. The first-order valence-corrected chi connectivity index (χ1v) is 7.06. The standard InChI is InChI=1S/C13H11Cl2NOS/c14-9-3-5-12(11(15)8-9)16-13(17)6-4-10-2-1-7-18-10/h1-3,5,7-8H,4,6H2,(H,16,17). The Morgan fingerprint density at radius 2 is 2.11 bits per heavy atom. The predicted octanol–water partition coefficient (Wildman–Crippen LogP) is 4.63. The number of anilines is 1. The van der Waals surface area contributed by atoms with Gasteiger partial charge >= 0.3 is 0 Å². The van der Waals surface area contributed by atoms with Crippen LogP contribution in [-0.2, 0) is 11.2 Å². The highest BCUT2D eigenvalue weighted by molar-refractivity contribution is 7.09. The minimum Gasteiger partial charge on any atom is -0.325 e. The van der Waals surface area contributed by atoms with Crippen LogP contribution in [0.25, 0.3) is 0 Å². The first-order valence-electron chi connectivity index (χ1n) is 5.42. The number of aryl methyl sites for hydroxylation is 1. The number of halogens is 2. The topological polar surface area (TPSA) is 29.1 Å². The molecule has 1 N–H and O–H groups in total. The van der Waals surface area contributed by atoms with E-state index in [1.165, 1.54) is 4.88 Å². The van der Waals surface area contributed by atoms with Crippen LogP contribution in [0.3, 0.4) is 0 Å². The normalized spacial score (nSPS) is 10.3. The number of carbonyl (C=O) groups excluding carboxylic acids is 1. The third-order valence-electron chi connectivity index (χ3n) is 2.38. The number of rotatable bonds is 4. The van der Waals surface area contributed by atoms with Crippen molar-refractivity contribution in [2.45, 2.75) is 12.8 Å². The lowest BCUT2D eigenvalue weighted by Gasteiger charge is -2.07. The van der Waals surface area contributed by atoms with E-state index in [1.54, 1.807) is 29.5 Å². The summed E-state index contributed by atoms with van der Waals surface area (Å²) in [6.45, 7) is 0. The van der Waals surface area contributed by atoms with Crippen molar-refractivity contribution in [2.24, 2.45) is 0 Å². The molecule has 1 amide bonds. The summed E-state index contributed by atoms with van der Waals surface area (Å²) < 4.78 is 0.